The lowest BCUT2D eigenvalue weighted by molar-refractivity contribution is -0.137. The number of aromatic nitrogens is 8. The summed E-state index contributed by atoms with van der Waals surface area (Å²) >= 11 is 2.07. The molecule has 6 heterocycles. The molecule has 608 valence electrons. The fourth-order valence-corrected chi connectivity index (χ4v) is 16.1. The van der Waals surface area contributed by atoms with Gasteiger partial charge in [0.05, 0.1) is 39.1 Å². The number of phosphoric ester groups is 6. The van der Waals surface area contributed by atoms with E-state index in [1.807, 2.05) is 0 Å². The number of nitrogens with zero attached hydrogens (tertiary/aromatic N) is 8. The van der Waals surface area contributed by atoms with Gasteiger partial charge >= 0.3 is 46.9 Å². The largest absolute Gasteiger partial charge is 0.481 e. The van der Waals surface area contributed by atoms with Gasteiger partial charge in [-0.3, -0.25) is 65.0 Å². The van der Waals surface area contributed by atoms with E-state index in [-0.39, 0.29) is 83.2 Å². The van der Waals surface area contributed by atoms with Crippen molar-refractivity contribution in [2.45, 2.75) is 130 Å². The molecule has 108 heavy (non-hydrogen) atoms. The van der Waals surface area contributed by atoms with Crippen LogP contribution in [0.1, 0.15) is 80.7 Å². The molecule has 20 N–H and O–H groups in total. The van der Waals surface area contributed by atoms with Crippen LogP contribution < -0.4 is 32.7 Å². The molecule has 0 radical (unpaired) electrons. The number of amides is 4. The Morgan fingerprint density at radius 2 is 0.880 bits per heavy atom. The minimum absolute atomic E-state index is 0.0301. The van der Waals surface area contributed by atoms with E-state index in [1.54, 1.807) is 39.8 Å². The summed E-state index contributed by atoms with van der Waals surface area (Å²) in [4.78, 5) is 174. The third-order valence-electron chi connectivity index (χ3n) is 15.0. The standard InChI is InChI=1S/2C26H42N7O17P3S/c2*1-5-14(2)25(38)54-9-8-28-16(34)6-7-29-23(37)20(36)26(3,4)11-47-53(44,45)50-52(42,43)46-10-15-19(49-51(39,40)41)18(35)24(48-15)33-13-32-17-21(27)30-12-31-22(17)33/h2*5,12-13,15,18-20,24,35-36H,6-11H2,1-4H3,(H,28,34)(H,29,37)(H,42,43)(H,44,45)(H2,27,30,31)(H2,39,40,41)/b14-5+;/t2*15-,18-,19-,20+,24-/m11/s1. The topological polar surface area (TPSA) is 727 Å². The lowest BCUT2D eigenvalue weighted by atomic mass is 9.87. The van der Waals surface area contributed by atoms with E-state index in [4.69, 9.17) is 39.0 Å². The van der Waals surface area contributed by atoms with Crippen LogP contribution in [0.15, 0.2) is 48.6 Å². The van der Waals surface area contributed by atoms with Gasteiger partial charge < -0.3 is 102 Å². The zero-order valence-corrected chi connectivity index (χ0v) is 65.3. The number of fused-ring (bicyclic) bond motifs is 2. The number of carbonyl (C=O) groups is 6. The molecule has 4 aromatic rings. The molecule has 48 nitrogen and oxygen atoms in total. The summed E-state index contributed by atoms with van der Waals surface area (Å²) < 4.78 is 124. The van der Waals surface area contributed by atoms with Crippen LogP contribution in [0.25, 0.3) is 22.3 Å². The zero-order chi connectivity index (χ0) is 81.3. The average Bonchev–Trinajstić information content (AvgIpc) is 1.62. The van der Waals surface area contributed by atoms with Gasteiger partial charge in [0, 0.05) is 61.4 Å². The quantitative estimate of drug-likeness (QED) is 0.0148. The number of hydrogen-bond donors (Lipinski definition) is 18. The summed E-state index contributed by atoms with van der Waals surface area (Å²) in [5.74, 6) is -2.26. The molecule has 4 amide bonds. The molecule has 56 heteroatoms. The summed E-state index contributed by atoms with van der Waals surface area (Å²) in [6, 6.07) is 0. The first-order valence-corrected chi connectivity index (χ1v) is 42.3. The molecule has 2 aliphatic rings. The van der Waals surface area contributed by atoms with Crippen molar-refractivity contribution in [2.75, 3.05) is 75.6 Å². The summed E-state index contributed by atoms with van der Waals surface area (Å²) in [7, 11) is -32.8. The van der Waals surface area contributed by atoms with Gasteiger partial charge in [-0.05, 0) is 38.8 Å². The summed E-state index contributed by atoms with van der Waals surface area (Å²) in [6.45, 7) is 7.76. The van der Waals surface area contributed by atoms with E-state index in [0.29, 0.717) is 22.7 Å². The SMILES string of the molecule is C/C=C(\C)C(=O)SCCNC(=O)CCNC(=O)[C@H](O)C(C)(C)COP(=O)(O)OP(=O)(O)OC[C@H]1O[C@@H](n2cnc3c(N)ncnc32)[C@H](O)[C@@H]1OP(=O)(O)O.CC=C(C)C(=O)SCCNC(=O)CCNC(=O)[C@H](O)C(C)(C)COP(=O)(O)OP(=O)(O)OC[C@H]1O[C@@H](n2cnc3c(N)ncnc32)[C@H](O)[C@@H]1OP(=O)(O)O. The molecule has 2 aliphatic heterocycles. The fraction of sp³-hybridized carbons (Fsp3) is 0.615. The maximum Gasteiger partial charge on any atom is 0.481 e. The van der Waals surface area contributed by atoms with Crippen LogP contribution in [-0.4, -0.2) is 245 Å². The fourth-order valence-electron chi connectivity index (χ4n) is 9.01. The van der Waals surface area contributed by atoms with Crippen LogP contribution >= 0.6 is 70.5 Å². The summed E-state index contributed by atoms with van der Waals surface area (Å²) in [5, 5.41) is 52.3. The Balaban J connectivity index is 0.000000387. The van der Waals surface area contributed by atoms with Crippen LogP contribution in [-0.2, 0) is 101 Å². The van der Waals surface area contributed by atoms with Crippen LogP contribution in [0.4, 0.5) is 11.6 Å². The van der Waals surface area contributed by atoms with Crippen molar-refractivity contribution in [3.63, 3.8) is 0 Å². The van der Waals surface area contributed by atoms with Crippen molar-refractivity contribution < 1.29 is 161 Å². The van der Waals surface area contributed by atoms with Gasteiger partial charge in [-0.15, -0.1) is 0 Å². The Hall–Kier alpha value is -5.40. The Morgan fingerprint density at radius 3 is 1.20 bits per heavy atom. The molecule has 4 aromatic heterocycles. The molecule has 0 bridgehead atoms. The van der Waals surface area contributed by atoms with Crippen LogP contribution in [0, 0.1) is 10.8 Å². The molecule has 0 aromatic carbocycles. The number of nitrogen functional groups attached to an aromatic ring is 2. The second-order valence-corrected chi connectivity index (χ2v) is 35.0. The number of thioether (sulfide) groups is 2. The van der Waals surface area contributed by atoms with E-state index in [1.165, 1.54) is 27.7 Å². The zero-order valence-electron chi connectivity index (χ0n) is 58.3. The van der Waals surface area contributed by atoms with E-state index in [9.17, 15) is 116 Å². The molecule has 14 atom stereocenters. The molecule has 6 rings (SSSR count). The Kier molecular flexibility index (Phi) is 34.4. The number of aliphatic hydroxyl groups is 4. The van der Waals surface area contributed by atoms with Gasteiger partial charge in [0.15, 0.2) is 35.4 Å². The number of carbonyl (C=O) groups excluding carboxylic acids is 6. The first-order valence-electron chi connectivity index (χ1n) is 31.3. The Bertz CT molecular complexity index is 3940. The van der Waals surface area contributed by atoms with Gasteiger partial charge in [0.2, 0.25) is 33.9 Å². The van der Waals surface area contributed by atoms with Crippen molar-refractivity contribution in [1.29, 1.82) is 0 Å². The molecule has 4 unspecified atom stereocenters. The molecule has 2 fully saturated rings. The number of allylic oxidation sites excluding steroid dienone is 2. The molecule has 2 saturated heterocycles. The van der Waals surface area contributed by atoms with Crippen molar-refractivity contribution in [2.24, 2.45) is 10.8 Å². The minimum atomic E-state index is -5.57. The molecule has 0 aliphatic carbocycles. The lowest BCUT2D eigenvalue weighted by Gasteiger charge is -2.30. The second kappa shape index (κ2) is 39.9. The maximum absolute atomic E-state index is 12.7. The van der Waals surface area contributed by atoms with Crippen LogP contribution in [0.2, 0.25) is 0 Å². The van der Waals surface area contributed by atoms with Crippen molar-refractivity contribution >= 4 is 138 Å². The van der Waals surface area contributed by atoms with Crippen molar-refractivity contribution in [1.82, 2.24) is 60.3 Å². The number of nitrogens with one attached hydrogen (secondary N) is 4. The van der Waals surface area contributed by atoms with Gasteiger partial charge in [0.1, 0.15) is 72.5 Å². The van der Waals surface area contributed by atoms with E-state index in [0.717, 1.165) is 58.0 Å². The predicted molar refractivity (Wildman–Crippen MR) is 373 cm³/mol. The monoisotopic (exact) mass is 1700 g/mol. The van der Waals surface area contributed by atoms with Crippen molar-refractivity contribution in [3.8, 4) is 0 Å². The summed E-state index contributed by atoms with van der Waals surface area (Å²) in [5.41, 5.74) is 9.68. The van der Waals surface area contributed by atoms with E-state index >= 15 is 0 Å². The molecule has 0 spiro atoms. The number of nitrogens with two attached hydrogens (primary N) is 2. The van der Waals surface area contributed by atoms with Crippen molar-refractivity contribution in [3.05, 3.63) is 48.6 Å². The lowest BCUT2D eigenvalue weighted by Crippen LogP contribution is -2.46. The van der Waals surface area contributed by atoms with Crippen LogP contribution in [0.5, 0.6) is 0 Å². The number of anilines is 2. The Labute approximate surface area is 621 Å². The van der Waals surface area contributed by atoms with Gasteiger partial charge in [-0.25, -0.2) is 57.3 Å². The molecular formula is C52H84N14O34P6S2. The normalized spacial score (nSPS) is 22.4. The van der Waals surface area contributed by atoms with Gasteiger partial charge in [0.25, 0.3) is 0 Å². The van der Waals surface area contributed by atoms with Gasteiger partial charge in [-0.1, -0.05) is 63.4 Å². The second-order valence-electron chi connectivity index (χ2n) is 24.4. The number of rotatable bonds is 40. The number of phosphoric acid groups is 6. The number of aliphatic hydroxyl groups excluding tert-OH is 4. The first kappa shape index (κ1) is 93.2. The molecular weight excluding hydrogens is 1610 g/mol. The highest BCUT2D eigenvalue weighted by molar-refractivity contribution is 8.14. The Morgan fingerprint density at radius 1 is 0.546 bits per heavy atom. The number of ether oxygens (including phenoxy) is 2. The van der Waals surface area contributed by atoms with E-state index < -0.39 is 169 Å². The highest BCUT2D eigenvalue weighted by Gasteiger charge is 2.53. The highest BCUT2D eigenvalue weighted by atomic mass is 32.2. The predicted octanol–water partition coefficient (Wildman–Crippen LogP) is -0.738. The number of imidazole rings is 2. The number of hydrogen-bond acceptors (Lipinski definition) is 36. The maximum atomic E-state index is 12.7. The highest BCUT2D eigenvalue weighted by Crippen LogP contribution is 2.63. The van der Waals surface area contributed by atoms with Crippen LogP contribution in [0.3, 0.4) is 0 Å². The molecule has 0 saturated carbocycles. The summed E-state index contributed by atoms with van der Waals surface area (Å²) in [6.07, 6.45) is -10.5. The first-order chi connectivity index (χ1) is 49.9. The third-order valence-corrected chi connectivity index (χ3v) is 23.2. The third kappa shape index (κ3) is 28.7. The van der Waals surface area contributed by atoms with Gasteiger partial charge in [-0.2, -0.15) is 8.62 Å². The minimum Gasteiger partial charge on any atom is -0.386 e. The van der Waals surface area contributed by atoms with E-state index in [2.05, 4.69) is 68.8 Å². The average molecular weight is 1700 g/mol. The smallest absolute Gasteiger partial charge is 0.386 e.